The van der Waals surface area contributed by atoms with Crippen molar-refractivity contribution in [2.45, 2.75) is 25.6 Å². The maximum absolute atomic E-state index is 12.0. The largest absolute Gasteiger partial charge is 0.484 e. The van der Waals surface area contributed by atoms with Crippen molar-refractivity contribution in [3.8, 4) is 5.75 Å². The Hall–Kier alpha value is -2.57. The van der Waals surface area contributed by atoms with Crippen molar-refractivity contribution in [1.82, 2.24) is 10.3 Å². The number of alkyl halides is 3. The topological polar surface area (TPSA) is 51.2 Å². The van der Waals surface area contributed by atoms with Crippen molar-refractivity contribution in [1.29, 1.82) is 0 Å². The van der Waals surface area contributed by atoms with Crippen molar-refractivity contribution in [2.75, 3.05) is 6.61 Å². The molecule has 24 heavy (non-hydrogen) atoms. The Balaban J connectivity index is 1.72. The summed E-state index contributed by atoms with van der Waals surface area (Å²) >= 11 is 0. The first-order chi connectivity index (χ1) is 11.4. The number of aromatic nitrogens is 1. The number of carbonyl (C=O) groups is 1. The highest BCUT2D eigenvalue weighted by molar-refractivity contribution is 5.76. The molecule has 0 unspecified atom stereocenters. The Morgan fingerprint density at radius 2 is 1.88 bits per heavy atom. The molecule has 0 atom stereocenters. The average molecular weight is 338 g/mol. The molecule has 4 nitrogen and oxygen atoms in total. The van der Waals surface area contributed by atoms with Gasteiger partial charge in [0, 0.05) is 24.9 Å². The predicted molar refractivity (Wildman–Crippen MR) is 82.4 cm³/mol. The molecule has 0 saturated heterocycles. The van der Waals surface area contributed by atoms with Crippen LogP contribution in [0.3, 0.4) is 0 Å². The van der Waals surface area contributed by atoms with Gasteiger partial charge in [-0.1, -0.05) is 18.2 Å². The molecule has 7 heteroatoms. The van der Waals surface area contributed by atoms with Crippen molar-refractivity contribution in [3.63, 3.8) is 0 Å². The van der Waals surface area contributed by atoms with Gasteiger partial charge in [-0.15, -0.1) is 0 Å². The molecule has 0 saturated carbocycles. The third-order valence-electron chi connectivity index (χ3n) is 3.15. The zero-order chi connectivity index (χ0) is 17.4. The molecule has 0 aliphatic rings. The molecule has 2 aromatic rings. The Morgan fingerprint density at radius 3 is 2.50 bits per heavy atom. The molecule has 1 amide bonds. The van der Waals surface area contributed by atoms with Crippen LogP contribution in [0, 0.1) is 0 Å². The highest BCUT2D eigenvalue weighted by atomic mass is 19.4. The van der Waals surface area contributed by atoms with Gasteiger partial charge in [0.2, 0.25) is 5.91 Å². The van der Waals surface area contributed by atoms with Crippen LogP contribution in [0.5, 0.6) is 5.75 Å². The number of rotatable bonds is 7. The van der Waals surface area contributed by atoms with Gasteiger partial charge in [0.15, 0.2) is 6.61 Å². The first kappa shape index (κ1) is 17.8. The number of halogens is 3. The number of ether oxygens (including phenoxy) is 1. The third-order valence-corrected chi connectivity index (χ3v) is 3.15. The van der Waals surface area contributed by atoms with E-state index in [-0.39, 0.29) is 11.7 Å². The van der Waals surface area contributed by atoms with E-state index in [4.69, 9.17) is 0 Å². The molecule has 1 heterocycles. The van der Waals surface area contributed by atoms with Crippen LogP contribution in [0.2, 0.25) is 0 Å². The fourth-order valence-electron chi connectivity index (χ4n) is 1.95. The van der Waals surface area contributed by atoms with E-state index in [0.29, 0.717) is 19.4 Å². The standard InChI is InChI=1S/C17H17F3N2O2/c18-17(19,20)12-24-15-7-4-13(5-8-15)11-22-16(23)9-6-14-3-1-2-10-21-14/h1-5,7-8,10H,6,9,11-12H2,(H,22,23). The summed E-state index contributed by atoms with van der Waals surface area (Å²) in [6, 6.07) is 11.7. The van der Waals surface area contributed by atoms with Crippen LogP contribution in [0.4, 0.5) is 13.2 Å². The summed E-state index contributed by atoms with van der Waals surface area (Å²) in [6.45, 7) is -1.02. The second-order valence-electron chi connectivity index (χ2n) is 5.15. The fourth-order valence-corrected chi connectivity index (χ4v) is 1.95. The number of hydrogen-bond donors (Lipinski definition) is 1. The van der Waals surface area contributed by atoms with Crippen molar-refractivity contribution in [2.24, 2.45) is 0 Å². The third kappa shape index (κ3) is 6.68. The number of nitrogens with zero attached hydrogens (tertiary/aromatic N) is 1. The molecule has 0 radical (unpaired) electrons. The summed E-state index contributed by atoms with van der Waals surface area (Å²) < 4.78 is 40.8. The molecule has 1 aromatic carbocycles. The molecule has 128 valence electrons. The van der Waals surface area contributed by atoms with Gasteiger partial charge >= 0.3 is 6.18 Å². The molecule has 2 rings (SSSR count). The average Bonchev–Trinajstić information content (AvgIpc) is 2.57. The zero-order valence-electron chi connectivity index (χ0n) is 12.8. The second kappa shape index (κ2) is 8.33. The highest BCUT2D eigenvalue weighted by Crippen LogP contribution is 2.18. The number of amides is 1. The van der Waals surface area contributed by atoms with Crippen LogP contribution >= 0.6 is 0 Å². The first-order valence-corrected chi connectivity index (χ1v) is 7.37. The maximum Gasteiger partial charge on any atom is 0.422 e. The van der Waals surface area contributed by atoms with E-state index < -0.39 is 12.8 Å². The fraction of sp³-hybridized carbons (Fsp3) is 0.294. The van der Waals surface area contributed by atoms with E-state index in [1.165, 1.54) is 12.1 Å². The number of hydrogen-bond acceptors (Lipinski definition) is 3. The Bertz CT molecular complexity index is 643. The monoisotopic (exact) mass is 338 g/mol. The van der Waals surface area contributed by atoms with Gasteiger partial charge in [-0.3, -0.25) is 9.78 Å². The number of aryl methyl sites for hydroxylation is 1. The van der Waals surface area contributed by atoms with Gasteiger partial charge in [0.05, 0.1) is 0 Å². The number of pyridine rings is 1. The van der Waals surface area contributed by atoms with E-state index in [0.717, 1.165) is 11.3 Å². The molecule has 0 aliphatic carbocycles. The summed E-state index contributed by atoms with van der Waals surface area (Å²) in [7, 11) is 0. The number of nitrogens with one attached hydrogen (secondary N) is 1. The van der Waals surface area contributed by atoms with Crippen LogP contribution in [-0.2, 0) is 17.8 Å². The maximum atomic E-state index is 12.0. The summed E-state index contributed by atoms with van der Waals surface area (Å²) in [5.74, 6) is 0.0237. The lowest BCUT2D eigenvalue weighted by Crippen LogP contribution is -2.23. The van der Waals surface area contributed by atoms with Crippen molar-refractivity contribution >= 4 is 5.91 Å². The van der Waals surface area contributed by atoms with Crippen molar-refractivity contribution in [3.05, 3.63) is 59.9 Å². The van der Waals surface area contributed by atoms with E-state index in [1.807, 2.05) is 18.2 Å². The quantitative estimate of drug-likeness (QED) is 0.843. The summed E-state index contributed by atoms with van der Waals surface area (Å²) in [6.07, 6.45) is -1.81. The van der Waals surface area contributed by atoms with E-state index in [9.17, 15) is 18.0 Å². The summed E-state index contributed by atoms with van der Waals surface area (Å²) in [5, 5.41) is 2.76. The van der Waals surface area contributed by atoms with E-state index in [2.05, 4.69) is 15.0 Å². The Labute approximate surface area is 137 Å². The molecule has 0 spiro atoms. The minimum atomic E-state index is -4.36. The first-order valence-electron chi connectivity index (χ1n) is 7.37. The minimum Gasteiger partial charge on any atom is -0.484 e. The molecule has 1 aromatic heterocycles. The lowest BCUT2D eigenvalue weighted by molar-refractivity contribution is -0.153. The van der Waals surface area contributed by atoms with Gasteiger partial charge < -0.3 is 10.1 Å². The van der Waals surface area contributed by atoms with E-state index >= 15 is 0 Å². The summed E-state index contributed by atoms with van der Waals surface area (Å²) in [5.41, 5.74) is 1.62. The predicted octanol–water partition coefficient (Wildman–Crippen LogP) is 3.27. The molecule has 0 aliphatic heterocycles. The normalized spacial score (nSPS) is 11.1. The lowest BCUT2D eigenvalue weighted by atomic mass is 10.2. The number of benzene rings is 1. The minimum absolute atomic E-state index is 0.113. The van der Waals surface area contributed by atoms with Crippen LogP contribution in [-0.4, -0.2) is 23.7 Å². The lowest BCUT2D eigenvalue weighted by Gasteiger charge is -2.10. The van der Waals surface area contributed by atoms with Gasteiger partial charge in [0.1, 0.15) is 5.75 Å². The smallest absolute Gasteiger partial charge is 0.422 e. The Kier molecular flexibility index (Phi) is 6.17. The molecule has 0 bridgehead atoms. The highest BCUT2D eigenvalue weighted by Gasteiger charge is 2.28. The van der Waals surface area contributed by atoms with Crippen LogP contribution < -0.4 is 10.1 Å². The van der Waals surface area contributed by atoms with Crippen LogP contribution in [0.25, 0.3) is 0 Å². The summed E-state index contributed by atoms with van der Waals surface area (Å²) in [4.78, 5) is 15.9. The number of carbonyl (C=O) groups excluding carboxylic acids is 1. The van der Waals surface area contributed by atoms with Crippen LogP contribution in [0.1, 0.15) is 17.7 Å². The zero-order valence-corrected chi connectivity index (χ0v) is 12.8. The van der Waals surface area contributed by atoms with Crippen LogP contribution in [0.15, 0.2) is 48.7 Å². The van der Waals surface area contributed by atoms with Gasteiger partial charge in [-0.2, -0.15) is 13.2 Å². The second-order valence-corrected chi connectivity index (χ2v) is 5.15. The molecular weight excluding hydrogens is 321 g/mol. The Morgan fingerprint density at radius 1 is 1.12 bits per heavy atom. The van der Waals surface area contributed by atoms with Gasteiger partial charge in [0.25, 0.3) is 0 Å². The van der Waals surface area contributed by atoms with E-state index in [1.54, 1.807) is 18.3 Å². The molecule has 0 fully saturated rings. The van der Waals surface area contributed by atoms with Crippen molar-refractivity contribution < 1.29 is 22.7 Å². The SMILES string of the molecule is O=C(CCc1ccccn1)NCc1ccc(OCC(F)(F)F)cc1. The molecular formula is C17H17F3N2O2. The molecule has 1 N–H and O–H groups in total. The van der Waals surface area contributed by atoms with Gasteiger partial charge in [-0.05, 0) is 36.2 Å². The van der Waals surface area contributed by atoms with Gasteiger partial charge in [-0.25, -0.2) is 0 Å².